The lowest BCUT2D eigenvalue weighted by atomic mass is 9.86. The Kier molecular flexibility index (Phi) is 7.24. The number of carbonyl (C=O) groups excluding carboxylic acids is 1. The van der Waals surface area contributed by atoms with Crippen molar-refractivity contribution in [2.75, 3.05) is 31.7 Å². The van der Waals surface area contributed by atoms with Gasteiger partial charge in [-0.05, 0) is 47.5 Å². The van der Waals surface area contributed by atoms with Crippen molar-refractivity contribution < 1.29 is 19.0 Å². The second-order valence-corrected chi connectivity index (χ2v) is 9.68. The third-order valence-electron chi connectivity index (χ3n) is 6.56. The summed E-state index contributed by atoms with van der Waals surface area (Å²) >= 11 is 1.51. The fourth-order valence-electron chi connectivity index (χ4n) is 4.56. The van der Waals surface area contributed by atoms with Crippen LogP contribution in [0.15, 0.2) is 83.4 Å². The van der Waals surface area contributed by atoms with Crippen LogP contribution in [0.2, 0.25) is 0 Å². The smallest absolute Gasteiger partial charge is 0.229 e. The summed E-state index contributed by atoms with van der Waals surface area (Å²) in [4.78, 5) is 17.1. The van der Waals surface area contributed by atoms with E-state index in [2.05, 4.69) is 11.0 Å². The first-order valence-corrected chi connectivity index (χ1v) is 12.9. The Labute approximate surface area is 220 Å². The van der Waals surface area contributed by atoms with Gasteiger partial charge in [0.25, 0.3) is 0 Å². The molecule has 0 N–H and O–H groups in total. The minimum absolute atomic E-state index is 0.00640. The third-order valence-corrected chi connectivity index (χ3v) is 7.71. The monoisotopic (exact) mass is 513 g/mol. The molecule has 0 aliphatic carbocycles. The number of nitriles is 1. The normalized spacial score (nSPS) is 17.2. The van der Waals surface area contributed by atoms with E-state index in [1.165, 1.54) is 11.8 Å². The predicted octanol–water partition coefficient (Wildman–Crippen LogP) is 5.50. The molecule has 0 radical (unpaired) electrons. The predicted molar refractivity (Wildman–Crippen MR) is 143 cm³/mol. The standard InChI is InChI=1S/C29H27N3O4S/c1-34-23-11-9-22(10-12-23)31-18-32-28(33)15-24(25(16-30)29(32)37-19-31)21-8-13-26(27(14-21)35-2)36-17-20-6-4-3-5-7-20/h3-14,24H,15,17-19H2,1-2H3/t24-/m0/s1. The number of methoxy groups -OCH3 is 2. The lowest BCUT2D eigenvalue weighted by Gasteiger charge is -2.42. The molecule has 3 aromatic carbocycles. The Morgan fingerprint density at radius 1 is 1.00 bits per heavy atom. The topological polar surface area (TPSA) is 75.0 Å². The molecular weight excluding hydrogens is 486 g/mol. The van der Waals surface area contributed by atoms with Crippen LogP contribution in [0, 0.1) is 11.3 Å². The zero-order valence-electron chi connectivity index (χ0n) is 20.7. The zero-order chi connectivity index (χ0) is 25.8. The van der Waals surface area contributed by atoms with Crippen molar-refractivity contribution in [1.82, 2.24) is 4.90 Å². The Hall–Kier alpha value is -4.09. The Morgan fingerprint density at radius 2 is 1.78 bits per heavy atom. The molecule has 2 heterocycles. The number of carbonyl (C=O) groups is 1. The third kappa shape index (κ3) is 5.09. The first-order valence-electron chi connectivity index (χ1n) is 11.9. The van der Waals surface area contributed by atoms with Crippen LogP contribution >= 0.6 is 11.8 Å². The first-order chi connectivity index (χ1) is 18.1. The Balaban J connectivity index is 1.37. The molecule has 188 valence electrons. The number of anilines is 1. The van der Waals surface area contributed by atoms with E-state index in [1.807, 2.05) is 72.8 Å². The molecular formula is C29H27N3O4S. The van der Waals surface area contributed by atoms with Gasteiger partial charge in [0.1, 0.15) is 12.4 Å². The van der Waals surface area contributed by atoms with Gasteiger partial charge in [-0.2, -0.15) is 5.26 Å². The van der Waals surface area contributed by atoms with Crippen molar-refractivity contribution >= 4 is 23.4 Å². The number of hydrogen-bond donors (Lipinski definition) is 0. The fourth-order valence-corrected chi connectivity index (χ4v) is 5.73. The van der Waals surface area contributed by atoms with Gasteiger partial charge in [0, 0.05) is 18.0 Å². The molecule has 1 amide bonds. The van der Waals surface area contributed by atoms with Crippen LogP contribution in [-0.2, 0) is 11.4 Å². The van der Waals surface area contributed by atoms with Crippen molar-refractivity contribution in [3.05, 3.63) is 94.5 Å². The lowest BCUT2D eigenvalue weighted by Crippen LogP contribution is -2.47. The van der Waals surface area contributed by atoms with Gasteiger partial charge in [-0.1, -0.05) is 48.2 Å². The van der Waals surface area contributed by atoms with Crippen LogP contribution in [0.1, 0.15) is 23.5 Å². The molecule has 3 aromatic rings. The lowest BCUT2D eigenvalue weighted by molar-refractivity contribution is -0.129. The molecule has 5 rings (SSSR count). The number of amides is 1. The van der Waals surface area contributed by atoms with Gasteiger partial charge in [-0.15, -0.1) is 0 Å². The van der Waals surface area contributed by atoms with E-state index in [4.69, 9.17) is 14.2 Å². The summed E-state index contributed by atoms with van der Waals surface area (Å²) in [7, 11) is 3.23. The summed E-state index contributed by atoms with van der Waals surface area (Å²) in [6.07, 6.45) is 0.219. The molecule has 0 spiro atoms. The van der Waals surface area contributed by atoms with Gasteiger partial charge >= 0.3 is 0 Å². The van der Waals surface area contributed by atoms with Gasteiger partial charge in [0.2, 0.25) is 5.91 Å². The van der Waals surface area contributed by atoms with E-state index in [9.17, 15) is 10.1 Å². The summed E-state index contributed by atoms with van der Waals surface area (Å²) in [5.41, 5.74) is 3.52. The molecule has 0 unspecified atom stereocenters. The van der Waals surface area contributed by atoms with E-state index in [0.717, 1.165) is 27.6 Å². The van der Waals surface area contributed by atoms with Gasteiger partial charge in [-0.3, -0.25) is 9.69 Å². The average molecular weight is 514 g/mol. The highest BCUT2D eigenvalue weighted by Crippen LogP contribution is 2.44. The molecule has 0 saturated carbocycles. The highest BCUT2D eigenvalue weighted by atomic mass is 32.2. The molecule has 0 bridgehead atoms. The number of nitrogens with zero attached hydrogens (tertiary/aromatic N) is 3. The molecule has 0 aromatic heterocycles. The van der Waals surface area contributed by atoms with Crippen molar-refractivity contribution in [2.24, 2.45) is 0 Å². The van der Waals surface area contributed by atoms with E-state index in [0.29, 0.717) is 36.2 Å². The summed E-state index contributed by atoms with van der Waals surface area (Å²) in [5, 5.41) is 10.9. The van der Waals surface area contributed by atoms with Crippen LogP contribution in [0.4, 0.5) is 5.69 Å². The minimum Gasteiger partial charge on any atom is -0.497 e. The summed E-state index contributed by atoms with van der Waals surface area (Å²) in [6, 6.07) is 25.7. The maximum Gasteiger partial charge on any atom is 0.229 e. The molecule has 8 heteroatoms. The molecule has 1 fully saturated rings. The van der Waals surface area contributed by atoms with Crippen LogP contribution in [0.25, 0.3) is 0 Å². The van der Waals surface area contributed by atoms with E-state index in [1.54, 1.807) is 19.1 Å². The number of hydrogen-bond acceptors (Lipinski definition) is 7. The fraction of sp³-hybridized carbons (Fsp3) is 0.241. The van der Waals surface area contributed by atoms with Crippen LogP contribution in [0.5, 0.6) is 17.2 Å². The van der Waals surface area contributed by atoms with E-state index in [-0.39, 0.29) is 18.2 Å². The summed E-state index contributed by atoms with van der Waals surface area (Å²) in [6.45, 7) is 0.823. The Bertz CT molecular complexity index is 1350. The van der Waals surface area contributed by atoms with Gasteiger partial charge < -0.3 is 19.1 Å². The molecule has 2 aliphatic heterocycles. The van der Waals surface area contributed by atoms with Crippen molar-refractivity contribution in [1.29, 1.82) is 5.26 Å². The summed E-state index contributed by atoms with van der Waals surface area (Å²) in [5.74, 6) is 2.28. The zero-order valence-corrected chi connectivity index (χ0v) is 21.5. The molecule has 7 nitrogen and oxygen atoms in total. The largest absolute Gasteiger partial charge is 0.497 e. The SMILES string of the molecule is COc1ccc(N2CSC3=C(C#N)[C@H](c4ccc(OCc5ccccc5)c(OC)c4)CC(=O)N3C2)cc1. The molecule has 37 heavy (non-hydrogen) atoms. The van der Waals surface area contributed by atoms with Crippen molar-refractivity contribution in [2.45, 2.75) is 18.9 Å². The molecule has 1 saturated heterocycles. The highest BCUT2D eigenvalue weighted by molar-refractivity contribution is 8.03. The second-order valence-electron chi connectivity index (χ2n) is 8.75. The van der Waals surface area contributed by atoms with E-state index >= 15 is 0 Å². The number of benzene rings is 3. The average Bonchev–Trinajstić information content (AvgIpc) is 2.96. The van der Waals surface area contributed by atoms with Crippen LogP contribution in [-0.4, -0.2) is 37.6 Å². The molecule has 2 aliphatic rings. The first kappa shape index (κ1) is 24.6. The van der Waals surface area contributed by atoms with Crippen LogP contribution in [0.3, 0.4) is 0 Å². The maximum absolute atomic E-state index is 13.3. The molecule has 1 atom stereocenters. The number of fused-ring (bicyclic) bond motifs is 1. The second kappa shape index (κ2) is 10.9. The van der Waals surface area contributed by atoms with Crippen molar-refractivity contribution in [3.63, 3.8) is 0 Å². The highest BCUT2D eigenvalue weighted by Gasteiger charge is 2.38. The quantitative estimate of drug-likeness (QED) is 0.413. The van der Waals surface area contributed by atoms with Gasteiger partial charge in [0.15, 0.2) is 11.5 Å². The summed E-state index contributed by atoms with van der Waals surface area (Å²) < 4.78 is 16.8. The number of allylic oxidation sites excluding steroid dienone is 1. The van der Waals surface area contributed by atoms with Crippen LogP contribution < -0.4 is 19.1 Å². The minimum atomic E-state index is -0.333. The Morgan fingerprint density at radius 3 is 2.49 bits per heavy atom. The van der Waals surface area contributed by atoms with Gasteiger partial charge in [0.05, 0.1) is 43.4 Å². The number of ether oxygens (including phenoxy) is 3. The maximum atomic E-state index is 13.3. The number of thioether (sulfide) groups is 1. The number of rotatable bonds is 7. The van der Waals surface area contributed by atoms with Gasteiger partial charge in [-0.25, -0.2) is 0 Å². The van der Waals surface area contributed by atoms with E-state index < -0.39 is 0 Å². The van der Waals surface area contributed by atoms with Crippen molar-refractivity contribution in [3.8, 4) is 23.3 Å².